The van der Waals surface area contributed by atoms with Crippen molar-refractivity contribution < 1.29 is 9.47 Å². The molecular weight excluding hydrogens is 238 g/mol. The van der Waals surface area contributed by atoms with Crippen molar-refractivity contribution in [3.05, 3.63) is 23.8 Å². The number of fused-ring (bicyclic) bond motifs is 1. The largest absolute Gasteiger partial charge is 0.490 e. The third kappa shape index (κ3) is 3.28. The predicted octanol–water partition coefficient (Wildman–Crippen LogP) is 3.60. The summed E-state index contributed by atoms with van der Waals surface area (Å²) in [6.07, 6.45) is 9.43. The zero-order valence-electron chi connectivity index (χ0n) is 11.3. The van der Waals surface area contributed by atoms with Crippen LogP contribution in [-0.4, -0.2) is 25.5 Å². The van der Waals surface area contributed by atoms with Crippen LogP contribution >= 0.6 is 0 Å². The van der Waals surface area contributed by atoms with Gasteiger partial charge in [0, 0.05) is 18.7 Å². The normalized spacial score (nSPS) is 20.4. The second-order valence-electron chi connectivity index (χ2n) is 5.33. The Morgan fingerprint density at radius 3 is 2.58 bits per heavy atom. The van der Waals surface area contributed by atoms with Crippen LogP contribution in [0.5, 0.6) is 11.5 Å². The van der Waals surface area contributed by atoms with Crippen molar-refractivity contribution in [2.24, 2.45) is 4.99 Å². The first-order valence-electron chi connectivity index (χ1n) is 7.35. The van der Waals surface area contributed by atoms with Crippen LogP contribution in [-0.2, 0) is 0 Å². The molecule has 3 heteroatoms. The fourth-order valence-corrected chi connectivity index (χ4v) is 2.68. The summed E-state index contributed by atoms with van der Waals surface area (Å²) in [7, 11) is 0. The summed E-state index contributed by atoms with van der Waals surface area (Å²) in [6.45, 7) is 1.47. The van der Waals surface area contributed by atoms with E-state index in [-0.39, 0.29) is 0 Å². The summed E-state index contributed by atoms with van der Waals surface area (Å²) in [5, 5.41) is 0. The molecule has 3 rings (SSSR count). The van der Waals surface area contributed by atoms with E-state index in [0.29, 0.717) is 6.04 Å². The van der Waals surface area contributed by atoms with Gasteiger partial charge in [0.15, 0.2) is 11.5 Å². The van der Waals surface area contributed by atoms with E-state index in [0.717, 1.165) is 36.7 Å². The molecule has 1 fully saturated rings. The summed E-state index contributed by atoms with van der Waals surface area (Å²) in [5.74, 6) is 1.71. The molecule has 0 saturated heterocycles. The minimum Gasteiger partial charge on any atom is -0.490 e. The highest BCUT2D eigenvalue weighted by molar-refractivity contribution is 5.81. The molecule has 1 saturated carbocycles. The smallest absolute Gasteiger partial charge is 0.161 e. The first kappa shape index (κ1) is 12.5. The van der Waals surface area contributed by atoms with Gasteiger partial charge in [0.05, 0.1) is 13.2 Å². The van der Waals surface area contributed by atoms with Gasteiger partial charge in [0.2, 0.25) is 0 Å². The van der Waals surface area contributed by atoms with Crippen molar-refractivity contribution in [1.82, 2.24) is 0 Å². The maximum Gasteiger partial charge on any atom is 0.161 e. The fourth-order valence-electron chi connectivity index (χ4n) is 2.68. The first-order chi connectivity index (χ1) is 9.42. The highest BCUT2D eigenvalue weighted by Crippen LogP contribution is 2.30. The highest BCUT2D eigenvalue weighted by atomic mass is 16.5. The Balaban J connectivity index is 1.70. The average molecular weight is 259 g/mol. The van der Waals surface area contributed by atoms with Crippen molar-refractivity contribution in [3.8, 4) is 11.5 Å². The Labute approximate surface area is 114 Å². The van der Waals surface area contributed by atoms with Crippen molar-refractivity contribution in [1.29, 1.82) is 0 Å². The van der Waals surface area contributed by atoms with E-state index < -0.39 is 0 Å². The Bertz CT molecular complexity index is 450. The molecule has 2 aliphatic rings. The second kappa shape index (κ2) is 6.09. The van der Waals surface area contributed by atoms with Gasteiger partial charge >= 0.3 is 0 Å². The van der Waals surface area contributed by atoms with Gasteiger partial charge in [-0.2, -0.15) is 0 Å². The van der Waals surface area contributed by atoms with Crippen molar-refractivity contribution in [2.45, 2.75) is 44.6 Å². The quantitative estimate of drug-likeness (QED) is 0.760. The van der Waals surface area contributed by atoms with Gasteiger partial charge in [-0.25, -0.2) is 0 Å². The number of rotatable bonds is 2. The summed E-state index contributed by atoms with van der Waals surface area (Å²) in [5.41, 5.74) is 1.11. The molecule has 0 amide bonds. The third-order valence-corrected chi connectivity index (χ3v) is 3.78. The summed E-state index contributed by atoms with van der Waals surface area (Å²) < 4.78 is 11.3. The molecule has 1 aromatic rings. The maximum atomic E-state index is 5.69. The average Bonchev–Trinajstić information content (AvgIpc) is 2.71. The third-order valence-electron chi connectivity index (χ3n) is 3.78. The molecule has 0 bridgehead atoms. The Morgan fingerprint density at radius 2 is 1.74 bits per heavy atom. The van der Waals surface area contributed by atoms with E-state index in [1.54, 1.807) is 0 Å². The summed E-state index contributed by atoms with van der Waals surface area (Å²) in [6, 6.07) is 6.60. The molecule has 19 heavy (non-hydrogen) atoms. The molecular formula is C16H21NO2. The molecule has 0 N–H and O–H groups in total. The molecule has 0 unspecified atom stereocenters. The van der Waals surface area contributed by atoms with Crippen LogP contribution in [0.1, 0.15) is 44.1 Å². The van der Waals surface area contributed by atoms with E-state index in [9.17, 15) is 0 Å². The standard InChI is InChI=1S/C16H21NO2/c1-2-5-14(6-3-1)17-12-13-7-8-15-16(11-13)19-10-4-9-18-15/h7-8,11-12,14H,1-6,9-10H2. The lowest BCUT2D eigenvalue weighted by Crippen LogP contribution is -2.09. The van der Waals surface area contributed by atoms with E-state index in [2.05, 4.69) is 6.07 Å². The van der Waals surface area contributed by atoms with Gasteiger partial charge in [-0.15, -0.1) is 0 Å². The molecule has 1 aliphatic carbocycles. The molecule has 1 aliphatic heterocycles. The number of aliphatic imine (C=N–C) groups is 1. The zero-order valence-corrected chi connectivity index (χ0v) is 11.3. The van der Waals surface area contributed by atoms with E-state index >= 15 is 0 Å². The van der Waals surface area contributed by atoms with Gasteiger partial charge in [0.25, 0.3) is 0 Å². The lowest BCUT2D eigenvalue weighted by molar-refractivity contribution is 0.297. The minimum atomic E-state index is 0.518. The Kier molecular flexibility index (Phi) is 4.01. The monoisotopic (exact) mass is 259 g/mol. The van der Waals surface area contributed by atoms with Crippen LogP contribution in [0.15, 0.2) is 23.2 Å². The lowest BCUT2D eigenvalue weighted by Gasteiger charge is -2.17. The number of hydrogen-bond acceptors (Lipinski definition) is 3. The number of benzene rings is 1. The van der Waals surface area contributed by atoms with Crippen LogP contribution in [0.2, 0.25) is 0 Å². The van der Waals surface area contributed by atoms with Gasteiger partial charge in [-0.3, -0.25) is 4.99 Å². The van der Waals surface area contributed by atoms with E-state index in [1.165, 1.54) is 32.1 Å². The van der Waals surface area contributed by atoms with Crippen LogP contribution < -0.4 is 9.47 Å². The van der Waals surface area contributed by atoms with Gasteiger partial charge in [-0.1, -0.05) is 19.3 Å². The molecule has 0 spiro atoms. The second-order valence-corrected chi connectivity index (χ2v) is 5.33. The SMILES string of the molecule is C(=NC1CCCCC1)c1ccc2c(c1)OCCCO2. The highest BCUT2D eigenvalue weighted by Gasteiger charge is 2.12. The summed E-state index contributed by atoms with van der Waals surface area (Å²) in [4.78, 5) is 4.70. The van der Waals surface area contributed by atoms with E-state index in [1.807, 2.05) is 18.3 Å². The maximum absolute atomic E-state index is 5.69. The zero-order chi connectivity index (χ0) is 12.9. The Hall–Kier alpha value is -1.51. The number of hydrogen-bond donors (Lipinski definition) is 0. The van der Waals surface area contributed by atoms with Crippen molar-refractivity contribution in [2.75, 3.05) is 13.2 Å². The van der Waals surface area contributed by atoms with Gasteiger partial charge in [-0.05, 0) is 36.6 Å². The fraction of sp³-hybridized carbons (Fsp3) is 0.562. The molecule has 0 atom stereocenters. The van der Waals surface area contributed by atoms with Crippen molar-refractivity contribution >= 4 is 6.21 Å². The number of ether oxygens (including phenoxy) is 2. The van der Waals surface area contributed by atoms with Gasteiger partial charge < -0.3 is 9.47 Å². The number of nitrogens with zero attached hydrogens (tertiary/aromatic N) is 1. The van der Waals surface area contributed by atoms with Crippen LogP contribution in [0.4, 0.5) is 0 Å². The van der Waals surface area contributed by atoms with Crippen molar-refractivity contribution in [3.63, 3.8) is 0 Å². The molecule has 1 aromatic carbocycles. The molecule has 1 heterocycles. The Morgan fingerprint density at radius 1 is 0.947 bits per heavy atom. The van der Waals surface area contributed by atoms with Crippen LogP contribution in [0.3, 0.4) is 0 Å². The molecule has 102 valence electrons. The van der Waals surface area contributed by atoms with E-state index in [4.69, 9.17) is 14.5 Å². The predicted molar refractivity (Wildman–Crippen MR) is 76.5 cm³/mol. The molecule has 0 aromatic heterocycles. The molecule has 3 nitrogen and oxygen atoms in total. The minimum absolute atomic E-state index is 0.518. The molecule has 0 radical (unpaired) electrons. The van der Waals surface area contributed by atoms with Crippen LogP contribution in [0, 0.1) is 0 Å². The van der Waals surface area contributed by atoms with Gasteiger partial charge in [0.1, 0.15) is 0 Å². The first-order valence-corrected chi connectivity index (χ1v) is 7.35. The van der Waals surface area contributed by atoms with Crippen LogP contribution in [0.25, 0.3) is 0 Å². The summed E-state index contributed by atoms with van der Waals surface area (Å²) >= 11 is 0. The topological polar surface area (TPSA) is 30.8 Å². The lowest BCUT2D eigenvalue weighted by atomic mass is 9.96.